The summed E-state index contributed by atoms with van der Waals surface area (Å²) >= 11 is 0. The van der Waals surface area contributed by atoms with Crippen molar-refractivity contribution in [1.82, 2.24) is 4.90 Å². The summed E-state index contributed by atoms with van der Waals surface area (Å²) in [7, 11) is 1.79. The van der Waals surface area contributed by atoms with Crippen molar-refractivity contribution < 1.29 is 9.18 Å². The third-order valence-electron chi connectivity index (χ3n) is 2.52. The van der Waals surface area contributed by atoms with E-state index in [4.69, 9.17) is 0 Å². The van der Waals surface area contributed by atoms with Crippen molar-refractivity contribution in [2.45, 2.75) is 26.2 Å². The lowest BCUT2D eigenvalue weighted by Gasteiger charge is -2.16. The minimum Gasteiger partial charge on any atom is -0.345 e. The smallest absolute Gasteiger partial charge is 0.226 e. The number of hydrogen-bond donors (Lipinski definition) is 0. The second kappa shape index (κ2) is 6.26. The number of likely N-dealkylation sites (N-methyl/N-ethyl adjacent to an activating group) is 1. The van der Waals surface area contributed by atoms with Gasteiger partial charge in [0.1, 0.15) is 5.82 Å². The van der Waals surface area contributed by atoms with Crippen LogP contribution in [0.15, 0.2) is 24.3 Å². The van der Waals surface area contributed by atoms with E-state index < -0.39 is 0 Å². The third kappa shape index (κ3) is 4.01. The van der Waals surface area contributed by atoms with Crippen molar-refractivity contribution in [3.63, 3.8) is 0 Å². The highest BCUT2D eigenvalue weighted by Crippen LogP contribution is 2.06. The van der Waals surface area contributed by atoms with Gasteiger partial charge in [-0.25, -0.2) is 4.39 Å². The molecule has 0 saturated carbocycles. The minimum absolute atomic E-state index is 0.0408. The van der Waals surface area contributed by atoms with Crippen molar-refractivity contribution in [3.8, 4) is 0 Å². The number of nitrogens with zero attached hydrogens (tertiary/aromatic N) is 1. The molecule has 1 rings (SSSR count). The molecule has 0 atom stereocenters. The van der Waals surface area contributed by atoms with Crippen LogP contribution in [0.3, 0.4) is 0 Å². The molecule has 0 aromatic heterocycles. The first-order valence-electron chi connectivity index (χ1n) is 5.62. The zero-order chi connectivity index (χ0) is 12.0. The van der Waals surface area contributed by atoms with Crippen LogP contribution < -0.4 is 0 Å². The Balaban J connectivity index is 2.50. The molecular formula is C13H18FNO. The zero-order valence-electron chi connectivity index (χ0n) is 9.87. The maximum atomic E-state index is 12.9. The highest BCUT2D eigenvalue weighted by Gasteiger charge is 2.09. The van der Waals surface area contributed by atoms with Gasteiger partial charge in [-0.05, 0) is 24.1 Å². The minimum atomic E-state index is -0.290. The van der Waals surface area contributed by atoms with Gasteiger partial charge in [-0.3, -0.25) is 4.79 Å². The van der Waals surface area contributed by atoms with Gasteiger partial charge in [-0.2, -0.15) is 0 Å². The number of halogens is 1. The Morgan fingerprint density at radius 1 is 1.44 bits per heavy atom. The van der Waals surface area contributed by atoms with Crippen molar-refractivity contribution in [1.29, 1.82) is 0 Å². The molecule has 1 aromatic carbocycles. The van der Waals surface area contributed by atoms with Crippen molar-refractivity contribution in [2.75, 3.05) is 13.6 Å². The summed E-state index contributed by atoms with van der Waals surface area (Å²) in [4.78, 5) is 13.4. The van der Waals surface area contributed by atoms with Crippen molar-refractivity contribution in [3.05, 3.63) is 35.6 Å². The van der Waals surface area contributed by atoms with E-state index in [9.17, 15) is 9.18 Å². The van der Waals surface area contributed by atoms with Gasteiger partial charge < -0.3 is 4.90 Å². The van der Waals surface area contributed by atoms with Gasteiger partial charge >= 0.3 is 0 Å². The lowest BCUT2D eigenvalue weighted by Crippen LogP contribution is -2.29. The Hall–Kier alpha value is -1.38. The van der Waals surface area contributed by atoms with Crippen LogP contribution in [-0.4, -0.2) is 24.4 Å². The van der Waals surface area contributed by atoms with E-state index in [2.05, 4.69) is 6.92 Å². The Labute approximate surface area is 96.1 Å². The molecule has 16 heavy (non-hydrogen) atoms. The second-order valence-corrected chi connectivity index (χ2v) is 3.98. The molecule has 0 bridgehead atoms. The average molecular weight is 223 g/mol. The molecule has 0 N–H and O–H groups in total. The van der Waals surface area contributed by atoms with Crippen LogP contribution in [0.4, 0.5) is 4.39 Å². The third-order valence-corrected chi connectivity index (χ3v) is 2.52. The number of carbonyl (C=O) groups excluding carboxylic acids is 1. The Morgan fingerprint density at radius 3 is 2.81 bits per heavy atom. The number of amides is 1. The Morgan fingerprint density at radius 2 is 2.19 bits per heavy atom. The van der Waals surface area contributed by atoms with Crippen LogP contribution >= 0.6 is 0 Å². The lowest BCUT2D eigenvalue weighted by atomic mass is 10.1. The molecule has 2 nitrogen and oxygen atoms in total. The summed E-state index contributed by atoms with van der Waals surface area (Å²) < 4.78 is 12.9. The topological polar surface area (TPSA) is 20.3 Å². The van der Waals surface area contributed by atoms with Crippen LogP contribution in [0.5, 0.6) is 0 Å². The van der Waals surface area contributed by atoms with E-state index in [1.807, 2.05) is 0 Å². The molecule has 0 aliphatic heterocycles. The van der Waals surface area contributed by atoms with Crippen molar-refractivity contribution >= 4 is 5.91 Å². The molecular weight excluding hydrogens is 205 g/mol. The maximum absolute atomic E-state index is 12.9. The molecule has 0 radical (unpaired) electrons. The standard InChI is InChI=1S/C13H18FNO/c1-3-4-8-15(2)13(16)10-11-6-5-7-12(14)9-11/h5-7,9H,3-4,8,10H2,1-2H3. The summed E-state index contributed by atoms with van der Waals surface area (Å²) in [5.74, 6) is -0.249. The zero-order valence-corrected chi connectivity index (χ0v) is 9.87. The largest absolute Gasteiger partial charge is 0.345 e. The summed E-state index contributed by atoms with van der Waals surface area (Å²) in [5, 5.41) is 0. The first-order valence-corrected chi connectivity index (χ1v) is 5.62. The molecule has 3 heteroatoms. The van der Waals surface area contributed by atoms with Gasteiger partial charge in [0.15, 0.2) is 0 Å². The van der Waals surface area contributed by atoms with E-state index in [0.717, 1.165) is 24.9 Å². The van der Waals surface area contributed by atoms with Crippen LogP contribution in [-0.2, 0) is 11.2 Å². The molecule has 1 amide bonds. The Bertz CT molecular complexity index is 352. The summed E-state index contributed by atoms with van der Waals surface area (Å²) in [6.07, 6.45) is 2.35. The van der Waals surface area contributed by atoms with Gasteiger partial charge in [0, 0.05) is 13.6 Å². The van der Waals surface area contributed by atoms with E-state index >= 15 is 0 Å². The monoisotopic (exact) mass is 223 g/mol. The fourth-order valence-electron chi connectivity index (χ4n) is 1.48. The fourth-order valence-corrected chi connectivity index (χ4v) is 1.48. The predicted octanol–water partition coefficient (Wildman–Crippen LogP) is 2.63. The molecule has 0 fully saturated rings. The second-order valence-electron chi connectivity index (χ2n) is 3.98. The van der Waals surface area contributed by atoms with Crippen LogP contribution in [0, 0.1) is 5.82 Å². The first kappa shape index (κ1) is 12.7. The van der Waals surface area contributed by atoms with Crippen LogP contribution in [0.25, 0.3) is 0 Å². The molecule has 88 valence electrons. The summed E-state index contributed by atoms with van der Waals surface area (Å²) in [6, 6.07) is 6.19. The van der Waals surface area contributed by atoms with E-state index in [-0.39, 0.29) is 18.1 Å². The number of unbranched alkanes of at least 4 members (excludes halogenated alkanes) is 1. The van der Waals surface area contributed by atoms with Crippen LogP contribution in [0.2, 0.25) is 0 Å². The van der Waals surface area contributed by atoms with Crippen molar-refractivity contribution in [2.24, 2.45) is 0 Å². The summed E-state index contributed by atoms with van der Waals surface area (Å²) in [6.45, 7) is 2.86. The average Bonchev–Trinajstić information content (AvgIpc) is 2.25. The predicted molar refractivity (Wildman–Crippen MR) is 62.6 cm³/mol. The molecule has 0 aliphatic carbocycles. The molecule has 1 aromatic rings. The van der Waals surface area contributed by atoms with E-state index in [1.165, 1.54) is 12.1 Å². The highest BCUT2D eigenvalue weighted by atomic mass is 19.1. The first-order chi connectivity index (χ1) is 7.63. The van der Waals surface area contributed by atoms with Gasteiger partial charge in [0.25, 0.3) is 0 Å². The van der Waals surface area contributed by atoms with Gasteiger partial charge in [0.2, 0.25) is 5.91 Å². The fraction of sp³-hybridized carbons (Fsp3) is 0.462. The summed E-state index contributed by atoms with van der Waals surface area (Å²) in [5.41, 5.74) is 0.730. The molecule has 0 unspecified atom stereocenters. The molecule has 0 saturated heterocycles. The number of hydrogen-bond acceptors (Lipinski definition) is 1. The van der Waals surface area contributed by atoms with Crippen LogP contribution in [0.1, 0.15) is 25.3 Å². The number of rotatable bonds is 5. The van der Waals surface area contributed by atoms with Gasteiger partial charge in [0.05, 0.1) is 6.42 Å². The Kier molecular flexibility index (Phi) is 4.96. The highest BCUT2D eigenvalue weighted by molar-refractivity contribution is 5.78. The van der Waals surface area contributed by atoms with E-state index in [0.29, 0.717) is 0 Å². The molecule has 0 spiro atoms. The number of benzene rings is 1. The van der Waals surface area contributed by atoms with Gasteiger partial charge in [-0.1, -0.05) is 25.5 Å². The maximum Gasteiger partial charge on any atom is 0.226 e. The number of carbonyl (C=O) groups is 1. The normalized spacial score (nSPS) is 10.2. The quantitative estimate of drug-likeness (QED) is 0.751. The molecule has 0 aliphatic rings. The van der Waals surface area contributed by atoms with Gasteiger partial charge in [-0.15, -0.1) is 0 Å². The lowest BCUT2D eigenvalue weighted by molar-refractivity contribution is -0.129. The SMILES string of the molecule is CCCCN(C)C(=O)Cc1cccc(F)c1. The van der Waals surface area contributed by atoms with E-state index in [1.54, 1.807) is 24.1 Å². The molecule has 0 heterocycles.